The Kier molecular flexibility index (Phi) is 3.93. The fourth-order valence-corrected chi connectivity index (χ4v) is 4.19. The zero-order chi connectivity index (χ0) is 14.9. The summed E-state index contributed by atoms with van der Waals surface area (Å²) in [7, 11) is 0. The van der Waals surface area contributed by atoms with Gasteiger partial charge in [0.15, 0.2) is 0 Å². The van der Waals surface area contributed by atoms with Gasteiger partial charge in [-0.15, -0.1) is 0 Å². The molecule has 114 valence electrons. The molecule has 1 N–H and O–H groups in total. The fourth-order valence-electron chi connectivity index (χ4n) is 3.72. The van der Waals surface area contributed by atoms with E-state index in [-0.39, 0.29) is 0 Å². The van der Waals surface area contributed by atoms with E-state index >= 15 is 0 Å². The van der Waals surface area contributed by atoms with Crippen LogP contribution in [0, 0.1) is 0 Å². The van der Waals surface area contributed by atoms with Crippen molar-refractivity contribution in [2.75, 3.05) is 0 Å². The van der Waals surface area contributed by atoms with Gasteiger partial charge in [-0.05, 0) is 55.0 Å². The quantitative estimate of drug-likeness (QED) is 0.853. The molecule has 3 atom stereocenters. The van der Waals surface area contributed by atoms with E-state index < -0.39 is 0 Å². The molecule has 0 spiro atoms. The molecular formula is C19H20BrNO. The van der Waals surface area contributed by atoms with E-state index in [0.29, 0.717) is 18.2 Å². The summed E-state index contributed by atoms with van der Waals surface area (Å²) in [6.45, 7) is 0. The van der Waals surface area contributed by atoms with Crippen LogP contribution in [0.15, 0.2) is 53.0 Å². The molecule has 0 radical (unpaired) electrons. The van der Waals surface area contributed by atoms with Gasteiger partial charge >= 0.3 is 0 Å². The molecule has 2 aromatic rings. The number of rotatable bonds is 3. The number of fused-ring (bicyclic) bond motifs is 2. The summed E-state index contributed by atoms with van der Waals surface area (Å²) in [6.07, 6.45) is 5.21. The Morgan fingerprint density at radius 2 is 1.64 bits per heavy atom. The van der Waals surface area contributed by atoms with Crippen molar-refractivity contribution in [3.05, 3.63) is 53.0 Å². The molecule has 0 saturated carbocycles. The maximum atomic E-state index is 6.31. The van der Waals surface area contributed by atoms with Crippen LogP contribution in [0.3, 0.4) is 0 Å². The van der Waals surface area contributed by atoms with Gasteiger partial charge in [0.25, 0.3) is 0 Å². The molecule has 0 amide bonds. The number of halogens is 1. The summed E-state index contributed by atoms with van der Waals surface area (Å²) in [5.74, 6) is 0.972. The highest BCUT2D eigenvalue weighted by Gasteiger charge is 2.34. The third-order valence-electron chi connectivity index (χ3n) is 4.71. The molecule has 0 aliphatic carbocycles. The Balaban J connectivity index is 1.56. The van der Waals surface area contributed by atoms with Crippen LogP contribution >= 0.6 is 15.9 Å². The predicted octanol–water partition coefficient (Wildman–Crippen LogP) is 4.78. The largest absolute Gasteiger partial charge is 0.490 e. The van der Waals surface area contributed by atoms with E-state index in [1.807, 2.05) is 6.07 Å². The molecule has 4 rings (SSSR count). The van der Waals surface area contributed by atoms with Crippen molar-refractivity contribution in [2.45, 2.75) is 43.9 Å². The molecule has 22 heavy (non-hydrogen) atoms. The standard InChI is InChI=1S/C19H20BrNO/c20-15-8-14(13-4-2-1-3-5-13)9-18(10-15)22-19-11-16-6-7-17(12-19)21-16/h1-5,8-10,16-17,19,21H,6-7,11-12H2/t16-,17+,19?. The number of benzene rings is 2. The van der Waals surface area contributed by atoms with Gasteiger partial charge in [-0.1, -0.05) is 46.3 Å². The van der Waals surface area contributed by atoms with Crippen molar-refractivity contribution in [1.82, 2.24) is 5.32 Å². The van der Waals surface area contributed by atoms with E-state index in [1.165, 1.54) is 24.0 Å². The van der Waals surface area contributed by atoms with Crippen LogP contribution in [-0.2, 0) is 0 Å². The van der Waals surface area contributed by atoms with Gasteiger partial charge in [0.1, 0.15) is 11.9 Å². The highest BCUT2D eigenvalue weighted by Crippen LogP contribution is 2.33. The molecule has 2 nitrogen and oxygen atoms in total. The predicted molar refractivity (Wildman–Crippen MR) is 93.2 cm³/mol. The van der Waals surface area contributed by atoms with Gasteiger partial charge in [-0.3, -0.25) is 0 Å². The Labute approximate surface area is 140 Å². The Morgan fingerprint density at radius 3 is 2.36 bits per heavy atom. The van der Waals surface area contributed by atoms with Crippen LogP contribution in [0.4, 0.5) is 0 Å². The molecule has 3 heteroatoms. The summed E-state index contributed by atoms with van der Waals surface area (Å²) in [5, 5.41) is 3.67. The van der Waals surface area contributed by atoms with Crippen molar-refractivity contribution in [3.8, 4) is 16.9 Å². The Hall–Kier alpha value is -1.32. The van der Waals surface area contributed by atoms with Crippen molar-refractivity contribution < 1.29 is 4.74 Å². The van der Waals surface area contributed by atoms with Gasteiger partial charge in [-0.2, -0.15) is 0 Å². The highest BCUT2D eigenvalue weighted by molar-refractivity contribution is 9.10. The van der Waals surface area contributed by atoms with Crippen molar-refractivity contribution in [2.24, 2.45) is 0 Å². The summed E-state index contributed by atoms with van der Waals surface area (Å²) in [6, 6.07) is 18.2. The summed E-state index contributed by atoms with van der Waals surface area (Å²) < 4.78 is 7.38. The average Bonchev–Trinajstić information content (AvgIpc) is 2.86. The molecule has 2 aliphatic heterocycles. The van der Waals surface area contributed by atoms with Crippen LogP contribution in [0.25, 0.3) is 11.1 Å². The first-order valence-electron chi connectivity index (χ1n) is 8.05. The van der Waals surface area contributed by atoms with E-state index in [9.17, 15) is 0 Å². The topological polar surface area (TPSA) is 21.3 Å². The number of nitrogens with one attached hydrogen (secondary N) is 1. The second-order valence-electron chi connectivity index (χ2n) is 6.39. The zero-order valence-corrected chi connectivity index (χ0v) is 14.1. The SMILES string of the molecule is Brc1cc(OC2C[C@H]3CC[C@@H](C2)N3)cc(-c2ccccc2)c1. The summed E-state index contributed by atoms with van der Waals surface area (Å²) in [5.41, 5.74) is 2.42. The average molecular weight is 358 g/mol. The van der Waals surface area contributed by atoms with Gasteiger partial charge in [0.05, 0.1) is 0 Å². The molecule has 2 heterocycles. The lowest BCUT2D eigenvalue weighted by Gasteiger charge is -2.29. The number of hydrogen-bond acceptors (Lipinski definition) is 2. The lowest BCUT2D eigenvalue weighted by Crippen LogP contribution is -2.42. The first-order valence-corrected chi connectivity index (χ1v) is 8.84. The minimum Gasteiger partial charge on any atom is -0.490 e. The minimum atomic E-state index is 0.344. The van der Waals surface area contributed by atoms with Crippen LogP contribution in [0.2, 0.25) is 0 Å². The van der Waals surface area contributed by atoms with Crippen molar-refractivity contribution >= 4 is 15.9 Å². The Morgan fingerprint density at radius 1 is 0.909 bits per heavy atom. The van der Waals surface area contributed by atoms with E-state index in [1.54, 1.807) is 0 Å². The van der Waals surface area contributed by atoms with Crippen LogP contribution in [0.5, 0.6) is 5.75 Å². The lowest BCUT2D eigenvalue weighted by atomic mass is 10.0. The van der Waals surface area contributed by atoms with E-state index in [4.69, 9.17) is 4.74 Å². The Bertz CT molecular complexity index is 646. The maximum absolute atomic E-state index is 6.31. The third kappa shape index (κ3) is 3.06. The monoisotopic (exact) mass is 357 g/mol. The molecule has 2 aliphatic rings. The minimum absolute atomic E-state index is 0.344. The molecule has 2 saturated heterocycles. The van der Waals surface area contributed by atoms with Crippen LogP contribution in [0.1, 0.15) is 25.7 Å². The molecule has 2 fully saturated rings. The van der Waals surface area contributed by atoms with Crippen molar-refractivity contribution in [1.29, 1.82) is 0 Å². The molecule has 2 aromatic carbocycles. The van der Waals surface area contributed by atoms with Gasteiger partial charge in [-0.25, -0.2) is 0 Å². The summed E-state index contributed by atoms with van der Waals surface area (Å²) >= 11 is 3.62. The third-order valence-corrected chi connectivity index (χ3v) is 5.17. The molecule has 1 unspecified atom stereocenters. The maximum Gasteiger partial charge on any atom is 0.121 e. The first kappa shape index (κ1) is 14.3. The normalized spacial score (nSPS) is 26.9. The second-order valence-corrected chi connectivity index (χ2v) is 7.31. The van der Waals surface area contributed by atoms with Gasteiger partial charge in [0, 0.05) is 16.6 Å². The molecular weight excluding hydrogens is 338 g/mol. The first-order chi connectivity index (χ1) is 10.8. The zero-order valence-electron chi connectivity index (χ0n) is 12.5. The molecule has 2 bridgehead atoms. The van der Waals surface area contributed by atoms with Crippen molar-refractivity contribution in [3.63, 3.8) is 0 Å². The van der Waals surface area contributed by atoms with Crippen LogP contribution < -0.4 is 10.1 Å². The second kappa shape index (κ2) is 6.05. The number of ether oxygens (including phenoxy) is 1. The summed E-state index contributed by atoms with van der Waals surface area (Å²) in [4.78, 5) is 0. The number of piperidine rings is 1. The van der Waals surface area contributed by atoms with Gasteiger partial charge in [0.2, 0.25) is 0 Å². The number of hydrogen-bond donors (Lipinski definition) is 1. The van der Waals surface area contributed by atoms with E-state index in [0.717, 1.165) is 23.1 Å². The highest BCUT2D eigenvalue weighted by atomic mass is 79.9. The smallest absolute Gasteiger partial charge is 0.121 e. The van der Waals surface area contributed by atoms with E-state index in [2.05, 4.69) is 63.7 Å². The van der Waals surface area contributed by atoms with Crippen LogP contribution in [-0.4, -0.2) is 18.2 Å². The molecule has 0 aromatic heterocycles. The fraction of sp³-hybridized carbons (Fsp3) is 0.368. The lowest BCUT2D eigenvalue weighted by molar-refractivity contribution is 0.137. The van der Waals surface area contributed by atoms with Gasteiger partial charge < -0.3 is 10.1 Å².